The van der Waals surface area contributed by atoms with E-state index in [4.69, 9.17) is 0 Å². The van der Waals surface area contributed by atoms with Crippen molar-refractivity contribution in [2.45, 2.75) is 30.7 Å². The molecule has 1 N–H and O–H groups in total. The summed E-state index contributed by atoms with van der Waals surface area (Å²) in [6.07, 6.45) is 3.91. The molecule has 2 nitrogen and oxygen atoms in total. The fraction of sp³-hybridized carbons (Fsp3) is 0.278. The van der Waals surface area contributed by atoms with Gasteiger partial charge in [0.25, 0.3) is 5.91 Å². The van der Waals surface area contributed by atoms with Crippen LogP contribution in [-0.2, 0) is 6.42 Å². The van der Waals surface area contributed by atoms with E-state index in [1.807, 2.05) is 48.7 Å². The summed E-state index contributed by atoms with van der Waals surface area (Å²) >= 11 is 1.60. The van der Waals surface area contributed by atoms with Gasteiger partial charge in [-0.25, -0.2) is 0 Å². The number of nitrogens with one attached hydrogen (secondary N) is 1. The van der Waals surface area contributed by atoms with Crippen LogP contribution >= 0.6 is 11.8 Å². The Labute approximate surface area is 131 Å². The maximum absolute atomic E-state index is 12.3. The number of hydrogen-bond acceptors (Lipinski definition) is 2. The number of thioether (sulfide) groups is 1. The Balaban J connectivity index is 1.90. The quantitative estimate of drug-likeness (QED) is 0.812. The van der Waals surface area contributed by atoms with Crippen molar-refractivity contribution in [3.8, 4) is 0 Å². The van der Waals surface area contributed by atoms with Crippen molar-refractivity contribution in [1.82, 2.24) is 5.32 Å². The summed E-state index contributed by atoms with van der Waals surface area (Å²) in [7, 11) is 0. The summed E-state index contributed by atoms with van der Waals surface area (Å²) in [5, 5.41) is 3.09. The van der Waals surface area contributed by atoms with Crippen molar-refractivity contribution >= 4 is 17.7 Å². The molecule has 110 valence electrons. The van der Waals surface area contributed by atoms with E-state index in [1.54, 1.807) is 11.8 Å². The van der Waals surface area contributed by atoms with Gasteiger partial charge in [0.1, 0.15) is 0 Å². The van der Waals surface area contributed by atoms with E-state index in [1.165, 1.54) is 5.56 Å². The van der Waals surface area contributed by atoms with Crippen molar-refractivity contribution in [2.75, 3.05) is 6.26 Å². The van der Waals surface area contributed by atoms with Gasteiger partial charge in [-0.05, 0) is 43.7 Å². The third-order valence-electron chi connectivity index (χ3n) is 3.44. The molecule has 0 radical (unpaired) electrons. The van der Waals surface area contributed by atoms with Gasteiger partial charge in [-0.3, -0.25) is 4.79 Å². The molecule has 0 fully saturated rings. The molecule has 0 saturated heterocycles. The van der Waals surface area contributed by atoms with Crippen LogP contribution in [-0.4, -0.2) is 18.2 Å². The number of carbonyl (C=O) groups excluding carboxylic acids is 1. The Hall–Kier alpha value is -1.74. The number of hydrogen-bond donors (Lipinski definition) is 1. The van der Waals surface area contributed by atoms with Gasteiger partial charge < -0.3 is 5.32 Å². The zero-order valence-electron chi connectivity index (χ0n) is 12.5. The summed E-state index contributed by atoms with van der Waals surface area (Å²) in [6.45, 7) is 2.06. The zero-order chi connectivity index (χ0) is 15.1. The van der Waals surface area contributed by atoms with Crippen molar-refractivity contribution < 1.29 is 4.79 Å². The summed E-state index contributed by atoms with van der Waals surface area (Å²) in [5.41, 5.74) is 2.07. The topological polar surface area (TPSA) is 29.1 Å². The molecule has 1 amide bonds. The van der Waals surface area contributed by atoms with Crippen molar-refractivity contribution in [3.05, 3.63) is 65.7 Å². The molecule has 0 aliphatic carbocycles. The lowest BCUT2D eigenvalue weighted by molar-refractivity contribution is 0.0935. The lowest BCUT2D eigenvalue weighted by Gasteiger charge is -2.15. The number of benzene rings is 2. The molecule has 2 aromatic rings. The van der Waals surface area contributed by atoms with E-state index in [0.29, 0.717) is 0 Å². The van der Waals surface area contributed by atoms with Gasteiger partial charge in [0, 0.05) is 10.9 Å². The van der Waals surface area contributed by atoms with Crippen LogP contribution in [0.1, 0.15) is 29.3 Å². The molecule has 0 spiro atoms. The van der Waals surface area contributed by atoms with E-state index >= 15 is 0 Å². The third-order valence-corrected chi connectivity index (χ3v) is 4.23. The number of aryl methyl sites for hydroxylation is 1. The molecule has 2 aromatic carbocycles. The summed E-state index contributed by atoms with van der Waals surface area (Å²) in [5.74, 6) is 0.0144. The first-order valence-corrected chi connectivity index (χ1v) is 8.41. The Morgan fingerprint density at radius 2 is 1.76 bits per heavy atom. The van der Waals surface area contributed by atoms with Gasteiger partial charge in [0.15, 0.2) is 0 Å². The first-order chi connectivity index (χ1) is 10.2. The minimum absolute atomic E-state index is 0.0144. The van der Waals surface area contributed by atoms with Crippen LogP contribution in [0.3, 0.4) is 0 Å². The van der Waals surface area contributed by atoms with Crippen LogP contribution in [0.25, 0.3) is 0 Å². The molecule has 0 unspecified atom stereocenters. The van der Waals surface area contributed by atoms with Crippen LogP contribution in [0.4, 0.5) is 0 Å². The predicted octanol–water partition coefficient (Wildman–Crippen LogP) is 4.16. The Morgan fingerprint density at radius 3 is 2.48 bits per heavy atom. The second-order valence-corrected chi connectivity index (χ2v) is 5.95. The van der Waals surface area contributed by atoms with E-state index in [-0.39, 0.29) is 11.9 Å². The van der Waals surface area contributed by atoms with Gasteiger partial charge in [0.05, 0.1) is 5.56 Å². The minimum atomic E-state index is 0.0144. The second-order valence-electron chi connectivity index (χ2n) is 5.10. The Kier molecular flexibility index (Phi) is 5.88. The maximum Gasteiger partial charge on any atom is 0.252 e. The van der Waals surface area contributed by atoms with Crippen LogP contribution in [0, 0.1) is 0 Å². The zero-order valence-corrected chi connectivity index (χ0v) is 13.3. The van der Waals surface area contributed by atoms with Crippen LogP contribution in [0.5, 0.6) is 0 Å². The summed E-state index contributed by atoms with van der Waals surface area (Å²) < 4.78 is 0. The van der Waals surface area contributed by atoms with Gasteiger partial charge in [0.2, 0.25) is 0 Å². The standard InChI is InChI=1S/C18H21NOS/c1-14(12-13-15-8-4-3-5-9-15)19-18(20)16-10-6-7-11-17(16)21-2/h3-11,14H,12-13H2,1-2H3,(H,19,20)/t14-/m0/s1. The molecule has 21 heavy (non-hydrogen) atoms. The highest BCUT2D eigenvalue weighted by atomic mass is 32.2. The number of amides is 1. The van der Waals surface area contributed by atoms with E-state index < -0.39 is 0 Å². The molecule has 1 atom stereocenters. The lowest BCUT2D eigenvalue weighted by Crippen LogP contribution is -2.33. The van der Waals surface area contributed by atoms with Crippen molar-refractivity contribution in [3.63, 3.8) is 0 Å². The molecule has 0 aliphatic rings. The normalized spacial score (nSPS) is 11.9. The van der Waals surface area contributed by atoms with E-state index in [0.717, 1.165) is 23.3 Å². The molecular weight excluding hydrogens is 278 g/mol. The van der Waals surface area contributed by atoms with Crippen LogP contribution in [0.15, 0.2) is 59.5 Å². The smallest absolute Gasteiger partial charge is 0.252 e. The molecular formula is C18H21NOS. The van der Waals surface area contributed by atoms with Gasteiger partial charge in [-0.1, -0.05) is 42.5 Å². The molecule has 0 aliphatic heterocycles. The van der Waals surface area contributed by atoms with Crippen LogP contribution in [0.2, 0.25) is 0 Å². The minimum Gasteiger partial charge on any atom is -0.350 e. The number of carbonyl (C=O) groups is 1. The highest BCUT2D eigenvalue weighted by Crippen LogP contribution is 2.19. The lowest BCUT2D eigenvalue weighted by atomic mass is 10.1. The molecule has 0 aromatic heterocycles. The first kappa shape index (κ1) is 15.6. The monoisotopic (exact) mass is 299 g/mol. The van der Waals surface area contributed by atoms with Crippen molar-refractivity contribution in [1.29, 1.82) is 0 Å². The van der Waals surface area contributed by atoms with E-state index in [2.05, 4.69) is 24.4 Å². The Morgan fingerprint density at radius 1 is 1.10 bits per heavy atom. The van der Waals surface area contributed by atoms with Crippen LogP contribution < -0.4 is 5.32 Å². The van der Waals surface area contributed by atoms with Gasteiger partial charge >= 0.3 is 0 Å². The average molecular weight is 299 g/mol. The Bertz CT molecular complexity index is 583. The fourth-order valence-corrected chi connectivity index (χ4v) is 2.83. The SMILES string of the molecule is CSc1ccccc1C(=O)N[C@@H](C)CCc1ccccc1. The molecule has 0 saturated carbocycles. The predicted molar refractivity (Wildman–Crippen MR) is 89.9 cm³/mol. The van der Waals surface area contributed by atoms with E-state index in [9.17, 15) is 4.79 Å². The second kappa shape index (κ2) is 7.89. The van der Waals surface area contributed by atoms with Gasteiger partial charge in [-0.15, -0.1) is 11.8 Å². The summed E-state index contributed by atoms with van der Waals surface area (Å²) in [6, 6.07) is 18.3. The van der Waals surface area contributed by atoms with Crippen molar-refractivity contribution in [2.24, 2.45) is 0 Å². The third kappa shape index (κ3) is 4.64. The van der Waals surface area contributed by atoms with Gasteiger partial charge in [-0.2, -0.15) is 0 Å². The average Bonchev–Trinajstić information content (AvgIpc) is 2.53. The number of rotatable bonds is 6. The largest absolute Gasteiger partial charge is 0.350 e. The summed E-state index contributed by atoms with van der Waals surface area (Å²) in [4.78, 5) is 13.3. The molecule has 0 bridgehead atoms. The molecule has 0 heterocycles. The highest BCUT2D eigenvalue weighted by molar-refractivity contribution is 7.98. The highest BCUT2D eigenvalue weighted by Gasteiger charge is 2.12. The fourth-order valence-electron chi connectivity index (χ4n) is 2.23. The molecule has 3 heteroatoms. The molecule has 2 rings (SSSR count). The maximum atomic E-state index is 12.3. The first-order valence-electron chi connectivity index (χ1n) is 7.18.